The van der Waals surface area contributed by atoms with Gasteiger partial charge in [-0.15, -0.1) is 0 Å². The van der Waals surface area contributed by atoms with Gasteiger partial charge in [0.05, 0.1) is 23.9 Å². The second-order valence-corrected chi connectivity index (χ2v) is 8.58. The van der Waals surface area contributed by atoms with Crippen LogP contribution >= 0.6 is 0 Å². The van der Waals surface area contributed by atoms with Crippen molar-refractivity contribution in [3.05, 3.63) is 76.9 Å². The summed E-state index contributed by atoms with van der Waals surface area (Å²) in [6.45, 7) is 4.13. The number of methoxy groups -OCH3 is 1. The number of aromatic carboxylic acids is 1. The molecule has 1 aliphatic heterocycles. The van der Waals surface area contributed by atoms with Gasteiger partial charge in [-0.3, -0.25) is 0 Å². The molecule has 4 rings (SSSR count). The summed E-state index contributed by atoms with van der Waals surface area (Å²) in [6, 6.07) is 14.0. The van der Waals surface area contributed by atoms with Gasteiger partial charge in [-0.05, 0) is 71.1 Å². The van der Waals surface area contributed by atoms with E-state index in [0.29, 0.717) is 34.8 Å². The summed E-state index contributed by atoms with van der Waals surface area (Å²) < 4.78 is 46.2. The zero-order valence-corrected chi connectivity index (χ0v) is 19.4. The Morgan fingerprint density at radius 2 is 1.83 bits per heavy atom. The summed E-state index contributed by atoms with van der Waals surface area (Å²) in [5.74, 6) is -0.509. The molecule has 1 atom stereocenters. The van der Waals surface area contributed by atoms with Crippen LogP contribution in [0.25, 0.3) is 22.3 Å². The number of oxime groups is 1. The van der Waals surface area contributed by atoms with Crippen molar-refractivity contribution < 1.29 is 32.6 Å². The summed E-state index contributed by atoms with van der Waals surface area (Å²) in [5.41, 5.74) is 4.17. The van der Waals surface area contributed by atoms with Gasteiger partial charge in [0.1, 0.15) is 12.4 Å². The van der Waals surface area contributed by atoms with Crippen molar-refractivity contribution in [2.75, 3.05) is 13.7 Å². The lowest BCUT2D eigenvalue weighted by Gasteiger charge is -2.18. The van der Waals surface area contributed by atoms with E-state index in [0.717, 1.165) is 28.8 Å². The fraction of sp³-hybridized carbons (Fsp3) is 0.259. The van der Waals surface area contributed by atoms with E-state index in [1.54, 1.807) is 18.2 Å². The lowest BCUT2D eigenvalue weighted by atomic mass is 9.89. The van der Waals surface area contributed by atoms with Crippen LogP contribution in [0, 0.1) is 12.8 Å². The zero-order chi connectivity index (χ0) is 25.3. The van der Waals surface area contributed by atoms with Gasteiger partial charge in [-0.1, -0.05) is 30.3 Å². The minimum absolute atomic E-state index is 0.000946. The molecule has 1 heterocycles. The number of carbonyl (C=O) groups is 1. The molecule has 1 N–H and O–H groups in total. The molecule has 0 aliphatic carbocycles. The molecule has 0 fully saturated rings. The second kappa shape index (κ2) is 9.44. The molecule has 0 saturated heterocycles. The topological polar surface area (TPSA) is 68.1 Å². The molecule has 0 amide bonds. The highest BCUT2D eigenvalue weighted by molar-refractivity contribution is 5.92. The predicted octanol–water partition coefficient (Wildman–Crippen LogP) is 6.62. The average Bonchev–Trinajstić information content (AvgIpc) is 3.22. The van der Waals surface area contributed by atoms with Gasteiger partial charge in [0.25, 0.3) is 0 Å². The van der Waals surface area contributed by atoms with Gasteiger partial charge < -0.3 is 14.7 Å². The Kier molecular flexibility index (Phi) is 6.56. The Morgan fingerprint density at radius 1 is 1.09 bits per heavy atom. The monoisotopic (exact) mass is 483 g/mol. The van der Waals surface area contributed by atoms with Crippen LogP contribution in [0.2, 0.25) is 0 Å². The summed E-state index contributed by atoms with van der Waals surface area (Å²) >= 11 is 0. The maximum Gasteiger partial charge on any atom is 0.416 e. The van der Waals surface area contributed by atoms with Gasteiger partial charge >= 0.3 is 12.1 Å². The molecule has 5 nitrogen and oxygen atoms in total. The van der Waals surface area contributed by atoms with E-state index in [2.05, 4.69) is 5.16 Å². The Hall–Kier alpha value is -3.81. The van der Waals surface area contributed by atoms with Gasteiger partial charge in [0.15, 0.2) is 0 Å². The van der Waals surface area contributed by atoms with Crippen LogP contribution in [0.15, 0.2) is 59.8 Å². The minimum atomic E-state index is -4.48. The molecule has 0 bridgehead atoms. The summed E-state index contributed by atoms with van der Waals surface area (Å²) in [5, 5.41) is 13.3. The van der Waals surface area contributed by atoms with Crippen molar-refractivity contribution in [1.82, 2.24) is 0 Å². The van der Waals surface area contributed by atoms with Crippen LogP contribution in [0.5, 0.6) is 5.75 Å². The highest BCUT2D eigenvalue weighted by Crippen LogP contribution is 2.40. The van der Waals surface area contributed by atoms with Crippen LogP contribution in [-0.4, -0.2) is 30.5 Å². The molecule has 1 aliphatic rings. The van der Waals surface area contributed by atoms with Crippen molar-refractivity contribution in [3.63, 3.8) is 0 Å². The highest BCUT2D eigenvalue weighted by Gasteiger charge is 2.32. The normalized spacial score (nSPS) is 15.5. The van der Waals surface area contributed by atoms with E-state index >= 15 is 0 Å². The van der Waals surface area contributed by atoms with Crippen LogP contribution in [0.3, 0.4) is 0 Å². The number of hydrogen-bond acceptors (Lipinski definition) is 4. The molecule has 0 spiro atoms. The van der Waals surface area contributed by atoms with Gasteiger partial charge in [-0.25, -0.2) is 4.79 Å². The largest absolute Gasteiger partial charge is 0.496 e. The fourth-order valence-electron chi connectivity index (χ4n) is 4.21. The van der Waals surface area contributed by atoms with Crippen LogP contribution in [-0.2, 0) is 17.4 Å². The summed E-state index contributed by atoms with van der Waals surface area (Å²) in [6.07, 6.45) is -4.28. The number of carboxylic acids is 1. The first-order chi connectivity index (χ1) is 16.6. The third-order valence-corrected chi connectivity index (χ3v) is 6.15. The Bertz CT molecular complexity index is 1310. The van der Waals surface area contributed by atoms with E-state index in [4.69, 9.17) is 9.57 Å². The SMILES string of the molecule is COc1ccc(-c2ccc(C(=O)O)cc2C)cc1-c1ccc(C(F)(F)F)cc1CC1=NOC[C@H]1C. The highest BCUT2D eigenvalue weighted by atomic mass is 19.4. The van der Waals surface area contributed by atoms with Crippen LogP contribution in [0.4, 0.5) is 13.2 Å². The van der Waals surface area contributed by atoms with Crippen LogP contribution < -0.4 is 4.74 Å². The number of rotatable bonds is 6. The summed E-state index contributed by atoms with van der Waals surface area (Å²) in [7, 11) is 1.51. The first kappa shape index (κ1) is 24.3. The Morgan fingerprint density at radius 3 is 2.43 bits per heavy atom. The minimum Gasteiger partial charge on any atom is -0.496 e. The molecule has 35 heavy (non-hydrogen) atoms. The third-order valence-electron chi connectivity index (χ3n) is 6.15. The molecule has 0 saturated carbocycles. The fourth-order valence-corrected chi connectivity index (χ4v) is 4.21. The quantitative estimate of drug-likeness (QED) is 0.428. The van der Waals surface area contributed by atoms with E-state index in [9.17, 15) is 23.1 Å². The number of alkyl halides is 3. The Labute approximate surface area is 200 Å². The van der Waals surface area contributed by atoms with Gasteiger partial charge in [0.2, 0.25) is 0 Å². The molecular weight excluding hydrogens is 459 g/mol. The van der Waals surface area contributed by atoms with Crippen molar-refractivity contribution >= 4 is 11.7 Å². The standard InChI is InChI=1S/C27H24F3NO4/c1-15-10-18(26(32)33)4-7-21(15)17-5-9-25(34-3)23(12-17)22-8-6-20(27(28,29)30)11-19(22)13-24-16(2)14-35-31-24/h4-12,16H,13-14H2,1-3H3,(H,32,33)/t16-/m1/s1. The predicted molar refractivity (Wildman–Crippen MR) is 127 cm³/mol. The number of benzene rings is 3. The van der Waals surface area contributed by atoms with E-state index in [-0.39, 0.29) is 17.9 Å². The molecule has 3 aromatic rings. The molecular formula is C27H24F3NO4. The van der Waals surface area contributed by atoms with Gasteiger partial charge in [0, 0.05) is 17.9 Å². The summed E-state index contributed by atoms with van der Waals surface area (Å²) in [4.78, 5) is 16.5. The van der Waals surface area contributed by atoms with Crippen molar-refractivity contribution in [2.45, 2.75) is 26.4 Å². The number of aryl methyl sites for hydroxylation is 1. The first-order valence-corrected chi connectivity index (χ1v) is 11.0. The number of carboxylic acid groups (broad SMARTS) is 1. The first-order valence-electron chi connectivity index (χ1n) is 11.0. The number of ether oxygens (including phenoxy) is 1. The lowest BCUT2D eigenvalue weighted by molar-refractivity contribution is -0.137. The molecule has 0 radical (unpaired) electrons. The third kappa shape index (κ3) is 5.01. The van der Waals surface area contributed by atoms with E-state index < -0.39 is 17.7 Å². The molecule has 0 unspecified atom stereocenters. The van der Waals surface area contributed by atoms with Crippen molar-refractivity contribution in [1.29, 1.82) is 0 Å². The molecule has 3 aromatic carbocycles. The lowest BCUT2D eigenvalue weighted by Crippen LogP contribution is -2.14. The smallest absolute Gasteiger partial charge is 0.416 e. The van der Waals surface area contributed by atoms with Crippen molar-refractivity contribution in [2.24, 2.45) is 11.1 Å². The maximum absolute atomic E-state index is 13.5. The number of halogens is 3. The van der Waals surface area contributed by atoms with E-state index in [1.807, 2.05) is 26.0 Å². The van der Waals surface area contributed by atoms with Crippen molar-refractivity contribution in [3.8, 4) is 28.0 Å². The Balaban J connectivity index is 1.86. The zero-order valence-electron chi connectivity index (χ0n) is 19.4. The molecule has 0 aromatic heterocycles. The van der Waals surface area contributed by atoms with Crippen LogP contribution in [0.1, 0.15) is 34.0 Å². The number of nitrogens with zero attached hydrogens (tertiary/aromatic N) is 1. The molecule has 8 heteroatoms. The number of hydrogen-bond donors (Lipinski definition) is 1. The second-order valence-electron chi connectivity index (χ2n) is 8.58. The molecule has 182 valence electrons. The average molecular weight is 483 g/mol. The van der Waals surface area contributed by atoms with E-state index in [1.165, 1.54) is 19.2 Å². The van der Waals surface area contributed by atoms with Gasteiger partial charge in [-0.2, -0.15) is 13.2 Å². The maximum atomic E-state index is 13.5.